The molecule has 12 rings (SSSR count). The Labute approximate surface area is 452 Å². The van der Waals surface area contributed by atoms with E-state index in [0.29, 0.717) is 0 Å². The number of hydrogen-bond donors (Lipinski definition) is 0. The van der Waals surface area contributed by atoms with E-state index in [0.717, 1.165) is 56.0 Å². The van der Waals surface area contributed by atoms with Gasteiger partial charge in [-0.05, 0) is 143 Å². The van der Waals surface area contributed by atoms with Crippen LogP contribution in [-0.2, 0) is 23.7 Å². The van der Waals surface area contributed by atoms with Gasteiger partial charge in [0.15, 0.2) is 12.6 Å². The number of aldehydes is 2. The molecule has 6 heteroatoms. The molecule has 0 saturated carbocycles. The normalized spacial score (nSPS) is 16.3. The van der Waals surface area contributed by atoms with Crippen LogP contribution in [0.3, 0.4) is 0 Å². The third-order valence-electron chi connectivity index (χ3n) is 15.9. The van der Waals surface area contributed by atoms with Crippen LogP contribution in [0.15, 0.2) is 158 Å². The average Bonchev–Trinajstić information content (AvgIpc) is 4.31. The highest BCUT2D eigenvalue weighted by Crippen LogP contribution is 2.69. The molecule has 2 atom stereocenters. The Morgan fingerprint density at radius 3 is 1.23 bits per heavy atom. The first-order valence-electron chi connectivity index (χ1n) is 26.6. The van der Waals surface area contributed by atoms with Gasteiger partial charge in [-0.15, -0.1) is 45.3 Å². The predicted molar refractivity (Wildman–Crippen MR) is 317 cm³/mol. The largest absolute Gasteiger partial charge is 0.297 e. The number of aryl methyl sites for hydroxylation is 4. The van der Waals surface area contributed by atoms with E-state index in [4.69, 9.17) is 0 Å². The first-order chi connectivity index (χ1) is 36.3. The third-order valence-corrected chi connectivity index (χ3v) is 20.7. The Balaban J connectivity index is 1.19. The van der Waals surface area contributed by atoms with Crippen molar-refractivity contribution < 1.29 is 9.59 Å². The zero-order chi connectivity index (χ0) is 50.6. The summed E-state index contributed by atoms with van der Waals surface area (Å²) in [6, 6.07) is 60.3. The second-order valence-corrected chi connectivity index (χ2v) is 25.0. The van der Waals surface area contributed by atoms with Gasteiger partial charge in [0.25, 0.3) is 0 Å². The lowest BCUT2D eigenvalue weighted by Gasteiger charge is -2.35. The van der Waals surface area contributed by atoms with Crippen molar-refractivity contribution in [3.8, 4) is 41.8 Å². The number of hydrogen-bond acceptors (Lipinski definition) is 6. The van der Waals surface area contributed by atoms with Crippen LogP contribution in [0.1, 0.15) is 151 Å². The molecule has 0 fully saturated rings. The van der Waals surface area contributed by atoms with Crippen molar-refractivity contribution in [2.45, 2.75) is 103 Å². The highest BCUT2D eigenvalue weighted by Gasteiger charge is 2.54. The van der Waals surface area contributed by atoms with Crippen molar-refractivity contribution in [2.24, 2.45) is 0 Å². The SMILES string of the molecule is CCCCCCc1cccc(C2(c3cccc(C)c3)c3cc(-c4ccc(C=O)s4)ccc3-c3sc4c5c(sc4c32)-c2ccc(-c3ccc(C=O)s3)cc2C5(c2cccc(C)c2)c2cccc(CCCCCC)c2)c1. The Bertz CT molecular complexity index is 3520. The van der Waals surface area contributed by atoms with Gasteiger partial charge in [-0.25, -0.2) is 0 Å². The number of carbonyl (C=O) groups is 2. The standard InChI is InChI=1S/C68H60O2S4/c1-5-7-9-11-19-45-21-15-25-51(37-45)67(49-23-13-17-43(3)35-49)57-39-47(59-33-29-53(41-69)71-59)27-31-55(57)63-61(67)65-66(73-63)62-64(74-65)56-32-28-48(60-34-30-54(42-70)72-60)40-58(56)68(62,50-24-14-18-44(4)36-50)52-26-16-22-46(38-52)20-12-10-8-6-2/h13-18,21-42H,5-12,19-20H2,1-4H3. The van der Waals surface area contributed by atoms with Gasteiger partial charge in [0, 0.05) is 30.6 Å². The Morgan fingerprint density at radius 1 is 0.419 bits per heavy atom. The molecule has 0 spiro atoms. The number of carbonyl (C=O) groups excluding carboxylic acids is 2. The van der Waals surface area contributed by atoms with Gasteiger partial charge in [-0.1, -0.05) is 185 Å². The van der Waals surface area contributed by atoms with Crippen LogP contribution < -0.4 is 0 Å². The fraction of sp³-hybridized carbons (Fsp3) is 0.235. The molecule has 368 valence electrons. The van der Waals surface area contributed by atoms with E-state index in [9.17, 15) is 9.59 Å². The minimum absolute atomic E-state index is 0.639. The van der Waals surface area contributed by atoms with Gasteiger partial charge >= 0.3 is 0 Å². The molecule has 74 heavy (non-hydrogen) atoms. The molecule has 0 amide bonds. The summed E-state index contributed by atoms with van der Waals surface area (Å²) in [6.07, 6.45) is 13.8. The zero-order valence-corrected chi connectivity index (χ0v) is 46.0. The summed E-state index contributed by atoms with van der Waals surface area (Å²) in [5.41, 5.74) is 19.4. The van der Waals surface area contributed by atoms with Crippen molar-refractivity contribution in [3.05, 3.63) is 234 Å². The van der Waals surface area contributed by atoms with Crippen LogP contribution in [0, 0.1) is 13.8 Å². The van der Waals surface area contributed by atoms with Crippen molar-refractivity contribution in [3.63, 3.8) is 0 Å². The summed E-state index contributed by atoms with van der Waals surface area (Å²) >= 11 is 7.13. The van der Waals surface area contributed by atoms with Gasteiger partial charge in [0.2, 0.25) is 0 Å². The van der Waals surface area contributed by atoms with Gasteiger partial charge < -0.3 is 0 Å². The maximum Gasteiger partial charge on any atom is 0.160 e. The predicted octanol–water partition coefficient (Wildman–Crippen LogP) is 19.6. The highest BCUT2D eigenvalue weighted by molar-refractivity contribution is 7.32. The molecule has 2 aliphatic rings. The summed E-state index contributed by atoms with van der Waals surface area (Å²) in [4.78, 5) is 30.5. The van der Waals surface area contributed by atoms with E-state index in [-0.39, 0.29) is 0 Å². The molecule has 0 saturated heterocycles. The Kier molecular flexibility index (Phi) is 13.2. The van der Waals surface area contributed by atoms with Gasteiger partial charge in [0.1, 0.15) is 0 Å². The van der Waals surface area contributed by atoms with Crippen LogP contribution in [0.25, 0.3) is 51.2 Å². The topological polar surface area (TPSA) is 34.1 Å². The maximum absolute atomic E-state index is 12.1. The fourth-order valence-corrected chi connectivity index (χ4v) is 17.4. The molecule has 0 N–H and O–H groups in total. The van der Waals surface area contributed by atoms with Crippen molar-refractivity contribution in [2.75, 3.05) is 0 Å². The number of fused-ring (bicyclic) bond motifs is 9. The quantitative estimate of drug-likeness (QED) is 0.0634. The summed E-state index contributed by atoms with van der Waals surface area (Å²) < 4.78 is 2.72. The first kappa shape index (κ1) is 48.6. The molecule has 4 heterocycles. The molecular formula is C68H60O2S4. The van der Waals surface area contributed by atoms with E-state index in [2.05, 4.69) is 173 Å². The molecule has 0 radical (unpaired) electrons. The average molecular weight is 1040 g/mol. The van der Waals surface area contributed by atoms with Crippen LogP contribution in [-0.4, -0.2) is 12.6 Å². The van der Waals surface area contributed by atoms with Gasteiger partial charge in [-0.3, -0.25) is 9.59 Å². The lowest BCUT2D eigenvalue weighted by Crippen LogP contribution is -2.29. The first-order valence-corrected chi connectivity index (χ1v) is 29.9. The molecule has 4 aromatic heterocycles. The van der Waals surface area contributed by atoms with Crippen LogP contribution in [0.5, 0.6) is 0 Å². The Hall–Kier alpha value is -6.28. The minimum Gasteiger partial charge on any atom is -0.297 e. The summed E-state index contributed by atoms with van der Waals surface area (Å²) in [5, 5.41) is 0. The second-order valence-electron chi connectivity index (χ2n) is 20.7. The van der Waals surface area contributed by atoms with Gasteiger partial charge in [-0.2, -0.15) is 0 Å². The highest BCUT2D eigenvalue weighted by atomic mass is 32.1. The monoisotopic (exact) mass is 1040 g/mol. The lowest BCUT2D eigenvalue weighted by atomic mass is 9.66. The summed E-state index contributed by atoms with van der Waals surface area (Å²) in [7, 11) is 0. The Morgan fingerprint density at radius 2 is 0.838 bits per heavy atom. The maximum atomic E-state index is 12.1. The number of unbranched alkanes of at least 4 members (excludes halogenated alkanes) is 6. The second kappa shape index (κ2) is 20.1. The van der Waals surface area contributed by atoms with E-state index in [1.54, 1.807) is 22.7 Å². The van der Waals surface area contributed by atoms with Crippen LogP contribution in [0.2, 0.25) is 0 Å². The molecule has 6 aromatic carbocycles. The van der Waals surface area contributed by atoms with Crippen molar-refractivity contribution >= 4 is 67.3 Å². The smallest absolute Gasteiger partial charge is 0.160 e. The molecular weight excluding hydrogens is 977 g/mol. The fourth-order valence-electron chi connectivity index (χ4n) is 12.5. The molecule has 2 nitrogen and oxygen atoms in total. The van der Waals surface area contributed by atoms with E-state index in [1.165, 1.54) is 148 Å². The minimum atomic E-state index is -0.639. The molecule has 0 bridgehead atoms. The third kappa shape index (κ3) is 7.98. The number of thiophene rings is 4. The molecule has 2 aliphatic carbocycles. The zero-order valence-electron chi connectivity index (χ0n) is 42.7. The summed E-state index contributed by atoms with van der Waals surface area (Å²) in [5.74, 6) is 0. The van der Waals surface area contributed by atoms with Crippen LogP contribution >= 0.6 is 45.3 Å². The van der Waals surface area contributed by atoms with E-state index in [1.807, 2.05) is 34.8 Å². The molecule has 0 aliphatic heterocycles. The van der Waals surface area contributed by atoms with Gasteiger partial charge in [0.05, 0.1) is 30.0 Å². The molecule has 10 aromatic rings. The van der Waals surface area contributed by atoms with Crippen molar-refractivity contribution in [1.82, 2.24) is 0 Å². The molecule has 2 unspecified atom stereocenters. The lowest BCUT2D eigenvalue weighted by molar-refractivity contribution is 0.111. The summed E-state index contributed by atoms with van der Waals surface area (Å²) in [6.45, 7) is 9.05. The van der Waals surface area contributed by atoms with Crippen LogP contribution in [0.4, 0.5) is 0 Å². The van der Waals surface area contributed by atoms with E-state index >= 15 is 0 Å². The number of rotatable bonds is 18. The van der Waals surface area contributed by atoms with Crippen molar-refractivity contribution in [1.29, 1.82) is 0 Å². The number of benzene rings is 6. The van der Waals surface area contributed by atoms with E-state index < -0.39 is 10.8 Å².